The molecule has 2 fully saturated rings. The minimum Gasteiger partial charge on any atom is -0.493 e. The lowest BCUT2D eigenvalue weighted by atomic mass is 9.98. The summed E-state index contributed by atoms with van der Waals surface area (Å²) in [4.78, 5) is 32.8. The number of methoxy groups -OCH3 is 1. The highest BCUT2D eigenvalue weighted by Gasteiger charge is 2.28. The maximum atomic E-state index is 13.4. The number of benzene rings is 4. The third kappa shape index (κ3) is 13.9. The Bertz CT molecular complexity index is 2700. The molecule has 2 aliphatic heterocycles. The maximum absolute atomic E-state index is 13.4. The Kier molecular flexibility index (Phi) is 17.8. The third-order valence-corrected chi connectivity index (χ3v) is 13.8. The lowest BCUT2D eigenvalue weighted by molar-refractivity contribution is 0.0142. The van der Waals surface area contributed by atoms with Crippen LogP contribution >= 0.6 is 12.1 Å². The van der Waals surface area contributed by atoms with Gasteiger partial charge in [-0.1, -0.05) is 54.6 Å². The van der Waals surface area contributed by atoms with Crippen molar-refractivity contribution in [2.24, 2.45) is 7.05 Å². The van der Waals surface area contributed by atoms with Gasteiger partial charge in [0.1, 0.15) is 23.7 Å². The molecule has 0 aliphatic carbocycles. The van der Waals surface area contributed by atoms with Gasteiger partial charge < -0.3 is 33.3 Å². The zero-order chi connectivity index (χ0) is 50.9. The van der Waals surface area contributed by atoms with Crippen LogP contribution in [0.1, 0.15) is 75.4 Å². The Morgan fingerprint density at radius 2 is 1.45 bits per heavy atom. The van der Waals surface area contributed by atoms with E-state index in [1.54, 1.807) is 24.1 Å². The number of aldehydes is 1. The Labute approximate surface area is 426 Å². The lowest BCUT2D eigenvalue weighted by Crippen LogP contribution is -2.50. The number of carbonyl (C=O) groups is 2. The second-order valence-electron chi connectivity index (χ2n) is 20.5. The van der Waals surface area contributed by atoms with Crippen LogP contribution in [0, 0.1) is 6.92 Å². The molecule has 382 valence electrons. The second kappa shape index (κ2) is 23.8. The zero-order valence-electron chi connectivity index (χ0n) is 44.0. The predicted molar refractivity (Wildman–Crippen MR) is 289 cm³/mol. The first-order chi connectivity index (χ1) is 33.9. The van der Waals surface area contributed by atoms with Gasteiger partial charge in [-0.15, -0.1) is 0 Å². The molecule has 0 radical (unpaired) electrons. The molecule has 0 unspecified atom stereocenters. The van der Waals surface area contributed by atoms with Crippen molar-refractivity contribution in [3.63, 3.8) is 0 Å². The molecule has 0 spiro atoms. The van der Waals surface area contributed by atoms with Gasteiger partial charge in [0.25, 0.3) is 0 Å². The minimum absolute atomic E-state index is 0.0417. The fourth-order valence-corrected chi connectivity index (χ4v) is 9.98. The van der Waals surface area contributed by atoms with Crippen LogP contribution in [0.15, 0.2) is 84.9 Å². The molecule has 0 bridgehead atoms. The van der Waals surface area contributed by atoms with Crippen LogP contribution < -0.4 is 14.4 Å². The van der Waals surface area contributed by atoms with Crippen LogP contribution in [0.25, 0.3) is 32.8 Å². The average Bonchev–Trinajstić information content (AvgIpc) is 3.81. The van der Waals surface area contributed by atoms with Crippen LogP contribution in [-0.2, 0) is 36.1 Å². The van der Waals surface area contributed by atoms with Crippen molar-refractivity contribution < 1.29 is 28.5 Å². The number of anilines is 1. The first kappa shape index (κ1) is 53.2. The fraction of sp³-hybridized carbons (Fsp3) is 0.482. The van der Waals surface area contributed by atoms with Gasteiger partial charge in [0.2, 0.25) is 0 Å². The lowest BCUT2D eigenvalue weighted by Gasteiger charge is -2.36. The van der Waals surface area contributed by atoms with Crippen molar-refractivity contribution in [3.8, 4) is 22.6 Å². The van der Waals surface area contributed by atoms with E-state index in [2.05, 4.69) is 97.7 Å². The van der Waals surface area contributed by atoms with E-state index in [0.29, 0.717) is 51.5 Å². The van der Waals surface area contributed by atoms with E-state index < -0.39 is 5.60 Å². The first-order valence-electron chi connectivity index (χ1n) is 25.0. The summed E-state index contributed by atoms with van der Waals surface area (Å²) in [6.07, 6.45) is 2.15. The number of para-hydroxylation sites is 1. The van der Waals surface area contributed by atoms with E-state index in [1.807, 2.05) is 84.5 Å². The van der Waals surface area contributed by atoms with Crippen molar-refractivity contribution in [3.05, 3.63) is 108 Å². The minimum atomic E-state index is -0.543. The molecule has 71 heavy (non-hydrogen) atoms. The summed E-state index contributed by atoms with van der Waals surface area (Å²) >= 11 is 1.77. The number of fused-ring (bicyclic) bond motifs is 2. The molecule has 2 saturated heterocycles. The highest BCUT2D eigenvalue weighted by atomic mass is 32.2. The number of aromatic nitrogens is 3. The number of hydrogen-bond acceptors (Lipinski definition) is 12. The number of amides is 1. The van der Waals surface area contributed by atoms with Gasteiger partial charge >= 0.3 is 6.09 Å². The summed E-state index contributed by atoms with van der Waals surface area (Å²) < 4.78 is 32.2. The van der Waals surface area contributed by atoms with Crippen LogP contribution in [0.2, 0.25) is 0 Å². The molecule has 0 atom stereocenters. The molecule has 15 heteroatoms. The molecule has 6 aromatic rings. The van der Waals surface area contributed by atoms with E-state index in [-0.39, 0.29) is 11.7 Å². The first-order valence-corrected chi connectivity index (χ1v) is 25.7. The summed E-state index contributed by atoms with van der Waals surface area (Å²) in [7, 11) is 7.85. The summed E-state index contributed by atoms with van der Waals surface area (Å²) in [5, 5.41) is 8.22. The van der Waals surface area contributed by atoms with Crippen LogP contribution in [0.3, 0.4) is 0 Å². The normalized spacial score (nSPS) is 15.0. The molecule has 4 aromatic carbocycles. The van der Waals surface area contributed by atoms with Crippen LogP contribution in [0.4, 0.5) is 10.5 Å². The Morgan fingerprint density at radius 1 is 0.789 bits per heavy atom. The summed E-state index contributed by atoms with van der Waals surface area (Å²) in [6.45, 7) is 22.5. The number of hydrogen-bond donors (Lipinski definition) is 0. The molecule has 2 aliphatic rings. The SMILES string of the molecule is COC(C)(C)C.Cc1nn(C)c(COc2ccc(N3CCN(SN(C)C)CC3)cc2)c1-c1cccc2c(CCCOc3cccc4ccccc34)c(C=O)n(CCN3CCN(C(=O)OC(C)(C)C)CC3)c12. The number of rotatable bonds is 16. The molecule has 0 N–H and O–H groups in total. The summed E-state index contributed by atoms with van der Waals surface area (Å²) in [6, 6.07) is 29.2. The Hall–Kier alpha value is -5.58. The Morgan fingerprint density at radius 3 is 2.11 bits per heavy atom. The summed E-state index contributed by atoms with van der Waals surface area (Å²) in [5.74, 6) is 1.66. The smallest absolute Gasteiger partial charge is 0.410 e. The molecule has 0 saturated carbocycles. The maximum Gasteiger partial charge on any atom is 0.410 e. The van der Waals surface area contributed by atoms with E-state index in [9.17, 15) is 9.59 Å². The van der Waals surface area contributed by atoms with Gasteiger partial charge in [-0.05, 0) is 117 Å². The van der Waals surface area contributed by atoms with Crippen molar-refractivity contribution in [1.82, 2.24) is 32.8 Å². The molecule has 8 rings (SSSR count). The number of aryl methyl sites for hydroxylation is 3. The van der Waals surface area contributed by atoms with Crippen LogP contribution in [-0.4, -0.2) is 143 Å². The van der Waals surface area contributed by atoms with Crippen molar-refractivity contribution in [1.29, 1.82) is 0 Å². The van der Waals surface area contributed by atoms with E-state index >= 15 is 0 Å². The molecule has 1 amide bonds. The predicted octanol–water partition coefficient (Wildman–Crippen LogP) is 10.1. The number of nitrogens with zero attached hydrogens (tertiary/aromatic N) is 8. The largest absolute Gasteiger partial charge is 0.493 e. The summed E-state index contributed by atoms with van der Waals surface area (Å²) in [5.41, 5.74) is 7.29. The van der Waals surface area contributed by atoms with Crippen LogP contribution in [0.5, 0.6) is 11.5 Å². The van der Waals surface area contributed by atoms with Crippen molar-refractivity contribution in [2.45, 2.75) is 85.7 Å². The van der Waals surface area contributed by atoms with Gasteiger partial charge in [0.15, 0.2) is 6.29 Å². The monoisotopic (exact) mass is 989 g/mol. The standard InChI is InChI=1S/C51H64N8O5S.C5H12O/c1-37-48(46(54(7)52-37)36-63-40-22-20-39(21-23-40)56-29-31-58(32-30-56)65-53(5)6)44-17-11-16-43-42(18-12-34-62-47-19-10-14-38-13-8-9-15-41(38)47)45(35-60)59(49(43)44)33-26-55-24-27-57(28-25-55)50(61)64-51(2,3)4;1-5(2,3)6-4/h8-11,13-17,19-23,35H,12,18,24-34,36H2,1-7H3;1-4H3. The number of ether oxygens (including phenoxy) is 4. The molecular weight excluding hydrogens is 913 g/mol. The molecular formula is C56H76N8O6S. The molecule has 4 heterocycles. The number of piperazine rings is 2. The highest BCUT2D eigenvalue weighted by molar-refractivity contribution is 7.94. The van der Waals surface area contributed by atoms with Gasteiger partial charge in [-0.2, -0.15) is 5.10 Å². The van der Waals surface area contributed by atoms with Gasteiger partial charge in [-0.3, -0.25) is 14.4 Å². The Balaban J connectivity index is 0.00000116. The second-order valence-corrected chi connectivity index (χ2v) is 21.9. The topological polar surface area (TPSA) is 110 Å². The fourth-order valence-electron chi connectivity index (χ4n) is 9.19. The van der Waals surface area contributed by atoms with Crippen molar-refractivity contribution in [2.75, 3.05) is 91.6 Å². The molecule has 2 aromatic heterocycles. The van der Waals surface area contributed by atoms with E-state index in [0.717, 1.165) is 113 Å². The highest BCUT2D eigenvalue weighted by Crippen LogP contribution is 2.38. The van der Waals surface area contributed by atoms with E-state index in [1.165, 1.54) is 5.69 Å². The quantitative estimate of drug-likeness (QED) is 0.0523. The van der Waals surface area contributed by atoms with Gasteiger partial charge in [-0.25, -0.2) is 13.4 Å². The third-order valence-electron chi connectivity index (χ3n) is 12.9. The van der Waals surface area contributed by atoms with Gasteiger partial charge in [0.05, 0.1) is 34.8 Å². The zero-order valence-corrected chi connectivity index (χ0v) is 44.8. The van der Waals surface area contributed by atoms with Crippen molar-refractivity contribution >= 4 is 51.9 Å². The number of carbonyl (C=O) groups excluding carboxylic acids is 2. The van der Waals surface area contributed by atoms with Gasteiger partial charge in [0, 0.05) is 119 Å². The average molecular weight is 989 g/mol. The van der Waals surface area contributed by atoms with E-state index in [4.69, 9.17) is 24.0 Å². The molecule has 14 nitrogen and oxygen atoms in total.